The number of hydrogen-bond donors (Lipinski definition) is 2. The largest absolute Gasteiger partial charge is 0.494 e. The lowest BCUT2D eigenvalue weighted by molar-refractivity contribution is -0.116. The van der Waals surface area contributed by atoms with Crippen LogP contribution in [0.2, 0.25) is 0 Å². The van der Waals surface area contributed by atoms with Gasteiger partial charge in [0, 0.05) is 17.7 Å². The zero-order valence-electron chi connectivity index (χ0n) is 18.3. The van der Waals surface area contributed by atoms with Crippen LogP contribution >= 0.6 is 0 Å². The SMILES string of the molecule is CCCOc1ccc(C2CC(=O)C3=C(C2)Nc2ccccc2NC3c2ccccc2)cc1. The van der Waals surface area contributed by atoms with Crippen molar-refractivity contribution in [3.05, 3.63) is 101 Å². The van der Waals surface area contributed by atoms with Crippen LogP contribution in [0.5, 0.6) is 5.75 Å². The first kappa shape index (κ1) is 20.4. The van der Waals surface area contributed by atoms with E-state index in [0.29, 0.717) is 13.0 Å². The van der Waals surface area contributed by atoms with E-state index in [2.05, 4.69) is 54.0 Å². The smallest absolute Gasteiger partial charge is 0.163 e. The van der Waals surface area contributed by atoms with Crippen LogP contribution in [0.3, 0.4) is 0 Å². The molecule has 0 radical (unpaired) electrons. The summed E-state index contributed by atoms with van der Waals surface area (Å²) in [4.78, 5) is 13.5. The molecule has 0 saturated heterocycles. The first-order valence-corrected chi connectivity index (χ1v) is 11.4. The maximum Gasteiger partial charge on any atom is 0.163 e. The van der Waals surface area contributed by atoms with Gasteiger partial charge in [0.15, 0.2) is 5.78 Å². The van der Waals surface area contributed by atoms with Gasteiger partial charge in [0.05, 0.1) is 24.0 Å². The summed E-state index contributed by atoms with van der Waals surface area (Å²) < 4.78 is 5.73. The minimum atomic E-state index is -0.166. The van der Waals surface area contributed by atoms with Crippen molar-refractivity contribution in [2.24, 2.45) is 0 Å². The Hall–Kier alpha value is -3.53. The molecule has 162 valence electrons. The average Bonchev–Trinajstić information content (AvgIpc) is 3.00. The Balaban J connectivity index is 1.50. The van der Waals surface area contributed by atoms with Crippen LogP contribution in [0.25, 0.3) is 0 Å². The van der Waals surface area contributed by atoms with Gasteiger partial charge in [0.2, 0.25) is 0 Å². The quantitative estimate of drug-likeness (QED) is 0.494. The Morgan fingerprint density at radius 2 is 1.56 bits per heavy atom. The molecule has 1 heterocycles. The molecule has 32 heavy (non-hydrogen) atoms. The predicted molar refractivity (Wildman–Crippen MR) is 129 cm³/mol. The van der Waals surface area contributed by atoms with E-state index in [0.717, 1.165) is 46.8 Å². The summed E-state index contributed by atoms with van der Waals surface area (Å²) in [6.07, 6.45) is 2.30. The molecule has 2 N–H and O–H groups in total. The number of allylic oxidation sites excluding steroid dienone is 1. The molecule has 0 fully saturated rings. The molecule has 0 saturated carbocycles. The van der Waals surface area contributed by atoms with Gasteiger partial charge in [0.25, 0.3) is 0 Å². The Morgan fingerprint density at radius 1 is 0.844 bits per heavy atom. The van der Waals surface area contributed by atoms with Crippen molar-refractivity contribution in [1.29, 1.82) is 0 Å². The molecular formula is C28H28N2O2. The number of anilines is 2. The highest BCUT2D eigenvalue weighted by Crippen LogP contribution is 2.44. The van der Waals surface area contributed by atoms with Gasteiger partial charge < -0.3 is 15.4 Å². The summed E-state index contributed by atoms with van der Waals surface area (Å²) in [6.45, 7) is 2.82. The van der Waals surface area contributed by atoms with E-state index in [-0.39, 0.29) is 17.7 Å². The molecule has 2 aliphatic rings. The van der Waals surface area contributed by atoms with Crippen molar-refractivity contribution >= 4 is 17.2 Å². The molecule has 0 bridgehead atoms. The van der Waals surface area contributed by atoms with E-state index in [9.17, 15) is 4.79 Å². The Bertz CT molecular complexity index is 1140. The molecule has 0 spiro atoms. The molecule has 4 nitrogen and oxygen atoms in total. The fourth-order valence-corrected chi connectivity index (χ4v) is 4.68. The van der Waals surface area contributed by atoms with Crippen LogP contribution in [0.1, 0.15) is 49.3 Å². The van der Waals surface area contributed by atoms with Crippen molar-refractivity contribution in [3.8, 4) is 5.75 Å². The Labute approximate surface area is 189 Å². The first-order valence-electron chi connectivity index (χ1n) is 11.4. The van der Waals surface area contributed by atoms with Crippen molar-refractivity contribution < 1.29 is 9.53 Å². The van der Waals surface area contributed by atoms with Crippen molar-refractivity contribution in [2.75, 3.05) is 17.2 Å². The third-order valence-electron chi connectivity index (χ3n) is 6.27. The Morgan fingerprint density at radius 3 is 2.31 bits per heavy atom. The highest BCUT2D eigenvalue weighted by Gasteiger charge is 2.35. The van der Waals surface area contributed by atoms with Crippen LogP contribution in [0.15, 0.2) is 90.1 Å². The van der Waals surface area contributed by atoms with E-state index in [1.54, 1.807) is 0 Å². The Kier molecular flexibility index (Phi) is 5.68. The minimum Gasteiger partial charge on any atom is -0.494 e. The van der Waals surface area contributed by atoms with E-state index in [4.69, 9.17) is 4.74 Å². The van der Waals surface area contributed by atoms with E-state index >= 15 is 0 Å². The monoisotopic (exact) mass is 424 g/mol. The fraction of sp³-hybridized carbons (Fsp3) is 0.250. The zero-order valence-corrected chi connectivity index (χ0v) is 18.3. The second-order valence-electron chi connectivity index (χ2n) is 8.50. The maximum absolute atomic E-state index is 13.5. The molecule has 1 aliphatic heterocycles. The lowest BCUT2D eigenvalue weighted by Crippen LogP contribution is -2.26. The second kappa shape index (κ2) is 8.91. The summed E-state index contributed by atoms with van der Waals surface area (Å²) in [6, 6.07) is 26.5. The molecule has 2 unspecified atom stereocenters. The van der Waals surface area contributed by atoms with E-state index in [1.165, 1.54) is 5.56 Å². The second-order valence-corrected chi connectivity index (χ2v) is 8.50. The lowest BCUT2D eigenvalue weighted by Gasteiger charge is -2.30. The van der Waals surface area contributed by atoms with Gasteiger partial charge in [-0.2, -0.15) is 0 Å². The normalized spacial score (nSPS) is 19.8. The third kappa shape index (κ3) is 4.01. The van der Waals surface area contributed by atoms with Crippen molar-refractivity contribution in [1.82, 2.24) is 0 Å². The summed E-state index contributed by atoms with van der Waals surface area (Å²) >= 11 is 0. The molecule has 3 aromatic carbocycles. The van der Waals surface area contributed by atoms with Gasteiger partial charge in [-0.05, 0) is 54.2 Å². The molecule has 4 heteroatoms. The van der Waals surface area contributed by atoms with Gasteiger partial charge in [-0.25, -0.2) is 0 Å². The van der Waals surface area contributed by atoms with Gasteiger partial charge >= 0.3 is 0 Å². The number of hydrogen-bond acceptors (Lipinski definition) is 4. The first-order chi connectivity index (χ1) is 15.7. The number of carbonyl (C=O) groups is 1. The van der Waals surface area contributed by atoms with Crippen molar-refractivity contribution in [2.45, 2.75) is 38.1 Å². The molecule has 1 aliphatic carbocycles. The number of ether oxygens (including phenoxy) is 1. The van der Waals surface area contributed by atoms with Gasteiger partial charge in [-0.3, -0.25) is 4.79 Å². The standard InChI is InChI=1S/C28H28N2O2/c1-2-16-32-22-14-12-19(13-15-22)21-17-25-27(26(31)18-21)28(20-8-4-3-5-9-20)30-24-11-7-6-10-23(24)29-25/h3-15,21,28-30H,2,16-18H2,1H3. The van der Waals surface area contributed by atoms with E-state index < -0.39 is 0 Å². The summed E-state index contributed by atoms with van der Waals surface area (Å²) in [5, 5.41) is 7.23. The molecule has 0 amide bonds. The highest BCUT2D eigenvalue weighted by molar-refractivity contribution is 6.01. The van der Waals surface area contributed by atoms with Crippen LogP contribution in [0.4, 0.5) is 11.4 Å². The summed E-state index contributed by atoms with van der Waals surface area (Å²) in [7, 11) is 0. The number of ketones is 1. The zero-order chi connectivity index (χ0) is 21.9. The molecule has 0 aromatic heterocycles. The fourth-order valence-electron chi connectivity index (χ4n) is 4.68. The molecule has 2 atom stereocenters. The van der Waals surface area contributed by atoms with E-state index in [1.807, 2.05) is 42.5 Å². The van der Waals surface area contributed by atoms with Crippen LogP contribution < -0.4 is 15.4 Å². The third-order valence-corrected chi connectivity index (χ3v) is 6.27. The topological polar surface area (TPSA) is 50.4 Å². The summed E-state index contributed by atoms with van der Waals surface area (Å²) in [5.41, 5.74) is 6.17. The van der Waals surface area contributed by atoms with Gasteiger partial charge in [-0.15, -0.1) is 0 Å². The molecule has 3 aromatic rings. The van der Waals surface area contributed by atoms with Crippen LogP contribution in [0, 0.1) is 0 Å². The lowest BCUT2D eigenvalue weighted by atomic mass is 9.78. The van der Waals surface area contributed by atoms with Gasteiger partial charge in [-0.1, -0.05) is 61.5 Å². The average molecular weight is 425 g/mol. The minimum absolute atomic E-state index is 0.149. The number of rotatable bonds is 5. The van der Waals surface area contributed by atoms with Crippen LogP contribution in [-0.2, 0) is 4.79 Å². The number of fused-ring (bicyclic) bond motifs is 1. The number of nitrogens with one attached hydrogen (secondary N) is 2. The van der Waals surface area contributed by atoms with Crippen LogP contribution in [-0.4, -0.2) is 12.4 Å². The summed E-state index contributed by atoms with van der Waals surface area (Å²) in [5.74, 6) is 1.23. The number of Topliss-reactive ketones (excluding diaryl/α,β-unsaturated/α-hetero) is 1. The molecular weight excluding hydrogens is 396 g/mol. The number of para-hydroxylation sites is 2. The number of benzene rings is 3. The maximum atomic E-state index is 13.5. The molecule has 5 rings (SSSR count). The van der Waals surface area contributed by atoms with Crippen molar-refractivity contribution in [3.63, 3.8) is 0 Å². The number of carbonyl (C=O) groups excluding carboxylic acids is 1. The van der Waals surface area contributed by atoms with Gasteiger partial charge in [0.1, 0.15) is 5.75 Å². The highest BCUT2D eigenvalue weighted by atomic mass is 16.5. The predicted octanol–water partition coefficient (Wildman–Crippen LogP) is 6.45.